The van der Waals surface area contributed by atoms with Crippen LogP contribution < -0.4 is 0 Å². The van der Waals surface area contributed by atoms with Gasteiger partial charge in [-0.2, -0.15) is 0 Å². The van der Waals surface area contributed by atoms with Gasteiger partial charge < -0.3 is 24.1 Å². The monoisotopic (exact) mass is 314 g/mol. The Labute approximate surface area is 126 Å². The molecular weight excluding hydrogens is 296 g/mol. The van der Waals surface area contributed by atoms with Crippen LogP contribution in [0.15, 0.2) is 0 Å². The highest BCUT2D eigenvalue weighted by molar-refractivity contribution is 5.82. The molecule has 6 atom stereocenters. The van der Waals surface area contributed by atoms with Crippen LogP contribution in [0.3, 0.4) is 0 Å². The van der Waals surface area contributed by atoms with Gasteiger partial charge in [0, 0.05) is 0 Å². The Hall–Kier alpha value is -1.67. The minimum atomic E-state index is -1.63. The summed E-state index contributed by atoms with van der Waals surface area (Å²) < 4.78 is 20.7. The molecule has 8 nitrogen and oxygen atoms in total. The molecule has 0 aromatic heterocycles. The number of esters is 3. The van der Waals surface area contributed by atoms with Crippen molar-refractivity contribution in [2.75, 3.05) is 6.61 Å². The average Bonchev–Trinajstić information content (AvgIpc) is 3.09. The van der Waals surface area contributed by atoms with Gasteiger partial charge in [0.25, 0.3) is 0 Å². The summed E-state index contributed by atoms with van der Waals surface area (Å²) in [5.41, 5.74) is -1.63. The van der Waals surface area contributed by atoms with Crippen molar-refractivity contribution >= 4 is 17.9 Å². The summed E-state index contributed by atoms with van der Waals surface area (Å²) in [6.45, 7) is 2.33. The second-order valence-electron chi connectivity index (χ2n) is 6.04. The van der Waals surface area contributed by atoms with E-state index in [1.165, 1.54) is 6.92 Å². The summed E-state index contributed by atoms with van der Waals surface area (Å²) in [4.78, 5) is 34.9. The van der Waals surface area contributed by atoms with E-state index in [2.05, 4.69) is 0 Å². The zero-order chi connectivity index (χ0) is 16.1. The third kappa shape index (κ3) is 2.36. The lowest BCUT2D eigenvalue weighted by Gasteiger charge is -2.23. The van der Waals surface area contributed by atoms with Gasteiger partial charge in [-0.3, -0.25) is 4.79 Å². The van der Waals surface area contributed by atoms with E-state index in [-0.39, 0.29) is 30.5 Å². The summed E-state index contributed by atoms with van der Waals surface area (Å²) in [5.74, 6) is -2.23. The molecule has 3 aliphatic rings. The van der Waals surface area contributed by atoms with Crippen molar-refractivity contribution in [1.29, 1.82) is 0 Å². The van der Waals surface area contributed by atoms with Gasteiger partial charge in [-0.05, 0) is 19.8 Å². The summed E-state index contributed by atoms with van der Waals surface area (Å²) in [6, 6.07) is 0. The molecule has 0 aromatic rings. The van der Waals surface area contributed by atoms with Gasteiger partial charge in [-0.15, -0.1) is 0 Å². The fraction of sp³-hybridized carbons (Fsp3) is 0.786. The second kappa shape index (κ2) is 5.20. The Morgan fingerprint density at radius 3 is 2.82 bits per heavy atom. The van der Waals surface area contributed by atoms with E-state index in [0.717, 1.165) is 0 Å². The highest BCUT2D eigenvalue weighted by Gasteiger charge is 2.65. The van der Waals surface area contributed by atoms with Crippen molar-refractivity contribution in [1.82, 2.24) is 0 Å². The van der Waals surface area contributed by atoms with Crippen LogP contribution in [0.1, 0.15) is 26.7 Å². The van der Waals surface area contributed by atoms with Gasteiger partial charge >= 0.3 is 17.9 Å². The molecular formula is C14H18O8. The Morgan fingerprint density at radius 2 is 2.14 bits per heavy atom. The zero-order valence-electron chi connectivity index (χ0n) is 12.3. The van der Waals surface area contributed by atoms with E-state index in [0.29, 0.717) is 6.42 Å². The van der Waals surface area contributed by atoms with E-state index in [4.69, 9.17) is 18.9 Å². The molecule has 3 aliphatic heterocycles. The molecule has 6 unspecified atom stereocenters. The molecule has 3 heterocycles. The fourth-order valence-electron chi connectivity index (χ4n) is 2.99. The van der Waals surface area contributed by atoms with Gasteiger partial charge in [0.1, 0.15) is 6.10 Å². The average molecular weight is 314 g/mol. The number of hydrogen-bond acceptors (Lipinski definition) is 8. The molecule has 22 heavy (non-hydrogen) atoms. The first-order chi connectivity index (χ1) is 10.3. The largest absolute Gasteiger partial charge is 0.455 e. The molecule has 0 spiro atoms. The van der Waals surface area contributed by atoms with Gasteiger partial charge in [-0.1, -0.05) is 6.92 Å². The van der Waals surface area contributed by atoms with Crippen molar-refractivity contribution in [3.63, 3.8) is 0 Å². The van der Waals surface area contributed by atoms with Crippen LogP contribution in [-0.2, 0) is 33.3 Å². The minimum absolute atomic E-state index is 0.167. The molecule has 122 valence electrons. The first kappa shape index (κ1) is 15.2. The number of carbonyl (C=O) groups excluding carboxylic acids is 3. The Bertz CT molecular complexity index is 513. The lowest BCUT2D eigenvalue weighted by Crippen LogP contribution is -2.41. The quantitative estimate of drug-likeness (QED) is 0.525. The molecule has 0 radical (unpaired) electrons. The van der Waals surface area contributed by atoms with Gasteiger partial charge in [0.2, 0.25) is 0 Å². The van der Waals surface area contributed by atoms with E-state index >= 15 is 0 Å². The van der Waals surface area contributed by atoms with Crippen molar-refractivity contribution in [2.24, 2.45) is 5.92 Å². The molecule has 0 saturated carbocycles. The van der Waals surface area contributed by atoms with Crippen molar-refractivity contribution in [3.8, 4) is 0 Å². The van der Waals surface area contributed by atoms with Gasteiger partial charge in [0.05, 0.1) is 12.0 Å². The Morgan fingerprint density at radius 1 is 1.41 bits per heavy atom. The van der Waals surface area contributed by atoms with E-state index < -0.39 is 36.4 Å². The number of carbonyl (C=O) groups is 3. The predicted molar refractivity (Wildman–Crippen MR) is 68.4 cm³/mol. The molecule has 1 N–H and O–H groups in total. The van der Waals surface area contributed by atoms with Gasteiger partial charge in [-0.25, -0.2) is 9.59 Å². The van der Waals surface area contributed by atoms with Crippen molar-refractivity contribution in [2.45, 2.75) is 56.7 Å². The Balaban J connectivity index is 1.51. The second-order valence-corrected chi connectivity index (χ2v) is 6.04. The van der Waals surface area contributed by atoms with Crippen LogP contribution in [0, 0.1) is 5.92 Å². The smallest absolute Gasteiger partial charge is 0.344 e. The topological polar surface area (TPSA) is 108 Å². The summed E-state index contributed by atoms with van der Waals surface area (Å²) >= 11 is 0. The molecule has 0 aliphatic carbocycles. The SMILES string of the molecule is CCC(C)(O)C(=O)OCC(=O)OC1C2CC3C(=O)OC1C3O2. The molecule has 3 fully saturated rings. The van der Waals surface area contributed by atoms with Gasteiger partial charge in [0.15, 0.2) is 24.4 Å². The third-order valence-corrected chi connectivity index (χ3v) is 4.50. The number of ether oxygens (including phenoxy) is 4. The highest BCUT2D eigenvalue weighted by Crippen LogP contribution is 2.47. The molecule has 8 heteroatoms. The number of fused-ring (bicyclic) bond motifs is 1. The third-order valence-electron chi connectivity index (χ3n) is 4.50. The number of hydrogen-bond donors (Lipinski definition) is 1. The van der Waals surface area contributed by atoms with Crippen LogP contribution >= 0.6 is 0 Å². The van der Waals surface area contributed by atoms with Crippen LogP contribution in [0.2, 0.25) is 0 Å². The summed E-state index contributed by atoms with van der Waals surface area (Å²) in [7, 11) is 0. The zero-order valence-corrected chi connectivity index (χ0v) is 12.3. The maximum atomic E-state index is 11.8. The first-order valence-electron chi connectivity index (χ1n) is 7.28. The summed E-state index contributed by atoms with van der Waals surface area (Å²) in [6.07, 6.45) is -1.30. The van der Waals surface area contributed by atoms with Crippen LogP contribution in [0.25, 0.3) is 0 Å². The lowest BCUT2D eigenvalue weighted by atomic mass is 9.88. The first-order valence-corrected chi connectivity index (χ1v) is 7.28. The Kier molecular flexibility index (Phi) is 3.60. The molecule has 0 amide bonds. The summed E-state index contributed by atoms with van der Waals surface area (Å²) in [5, 5.41) is 9.69. The number of aliphatic hydroxyl groups is 1. The van der Waals surface area contributed by atoms with E-state index in [9.17, 15) is 19.5 Å². The van der Waals surface area contributed by atoms with Crippen molar-refractivity contribution in [3.05, 3.63) is 0 Å². The molecule has 3 rings (SSSR count). The molecule has 2 bridgehead atoms. The number of rotatable bonds is 5. The van der Waals surface area contributed by atoms with E-state index in [1.54, 1.807) is 6.92 Å². The normalized spacial score (nSPS) is 37.6. The van der Waals surface area contributed by atoms with Crippen molar-refractivity contribution < 1.29 is 38.4 Å². The molecule has 0 aromatic carbocycles. The van der Waals surface area contributed by atoms with Crippen LogP contribution in [-0.4, -0.2) is 59.6 Å². The molecule has 3 saturated heterocycles. The maximum absolute atomic E-state index is 11.8. The maximum Gasteiger partial charge on any atom is 0.344 e. The highest BCUT2D eigenvalue weighted by atomic mass is 16.7. The van der Waals surface area contributed by atoms with Crippen LogP contribution in [0.5, 0.6) is 0 Å². The van der Waals surface area contributed by atoms with E-state index in [1.807, 2.05) is 0 Å². The van der Waals surface area contributed by atoms with Crippen LogP contribution in [0.4, 0.5) is 0 Å². The lowest BCUT2D eigenvalue weighted by molar-refractivity contribution is -0.176. The predicted octanol–water partition coefficient (Wildman–Crippen LogP) is -0.685. The fourth-order valence-corrected chi connectivity index (χ4v) is 2.99. The standard InChI is InChI=1S/C14H18O8/c1-3-14(2,18)13(17)19-5-8(15)21-10-7-4-6-9(20-7)11(10)22-12(6)16/h6-7,9-11,18H,3-5H2,1-2H3. The minimum Gasteiger partial charge on any atom is -0.455 e.